The first-order valence-corrected chi connectivity index (χ1v) is 10.9. The number of hydrogen-bond donors (Lipinski definition) is 0. The van der Waals surface area contributed by atoms with Gasteiger partial charge >= 0.3 is 0 Å². The normalized spacial score (nSPS) is 16.3. The van der Waals surface area contributed by atoms with Crippen LogP contribution in [-0.2, 0) is 0 Å². The number of piperazine rings is 1. The van der Waals surface area contributed by atoms with Gasteiger partial charge in [0.25, 0.3) is 0 Å². The SMILES string of the molecule is Cc1cccc(N2CCN(C(c3ccccc3Cl)c3nnnn3C(C)C)CC2)c1C. The maximum Gasteiger partial charge on any atom is 0.173 e. The molecule has 1 fully saturated rings. The number of benzene rings is 2. The van der Waals surface area contributed by atoms with Crippen LogP contribution >= 0.6 is 11.6 Å². The van der Waals surface area contributed by atoms with Crippen LogP contribution in [0, 0.1) is 13.8 Å². The van der Waals surface area contributed by atoms with Crippen molar-refractivity contribution in [3.63, 3.8) is 0 Å². The third-order valence-electron chi connectivity index (χ3n) is 6.05. The quantitative estimate of drug-likeness (QED) is 0.606. The topological polar surface area (TPSA) is 50.1 Å². The van der Waals surface area contributed by atoms with E-state index >= 15 is 0 Å². The standard InChI is InChI=1S/C23H29ClN6/c1-16(2)30-23(25-26-27-30)22(19-9-5-6-10-20(19)24)29-14-12-28(13-15-29)21-11-7-8-17(3)18(21)4/h5-11,16,22H,12-15H2,1-4H3. The number of hydrogen-bond acceptors (Lipinski definition) is 5. The number of nitrogens with zero attached hydrogens (tertiary/aromatic N) is 6. The van der Waals surface area contributed by atoms with Crippen molar-refractivity contribution in [2.24, 2.45) is 0 Å². The highest BCUT2D eigenvalue weighted by molar-refractivity contribution is 6.31. The largest absolute Gasteiger partial charge is 0.369 e. The van der Waals surface area contributed by atoms with E-state index in [0.717, 1.165) is 42.6 Å². The van der Waals surface area contributed by atoms with Crippen LogP contribution in [-0.4, -0.2) is 51.3 Å². The van der Waals surface area contributed by atoms with E-state index in [2.05, 4.69) is 77.3 Å². The van der Waals surface area contributed by atoms with Crippen LogP contribution in [0.25, 0.3) is 0 Å². The van der Waals surface area contributed by atoms with Crippen LogP contribution in [0.5, 0.6) is 0 Å². The maximum atomic E-state index is 6.63. The first-order valence-electron chi connectivity index (χ1n) is 10.5. The Morgan fingerprint density at radius 2 is 1.67 bits per heavy atom. The highest BCUT2D eigenvalue weighted by Gasteiger charge is 2.32. The van der Waals surface area contributed by atoms with Gasteiger partial charge in [-0.3, -0.25) is 4.90 Å². The second-order valence-corrected chi connectivity index (χ2v) is 8.65. The molecule has 0 saturated carbocycles. The van der Waals surface area contributed by atoms with Gasteiger partial charge in [0.15, 0.2) is 5.82 Å². The molecule has 0 radical (unpaired) electrons. The van der Waals surface area contributed by atoms with Gasteiger partial charge < -0.3 is 4.90 Å². The zero-order valence-corrected chi connectivity index (χ0v) is 18.8. The Morgan fingerprint density at radius 3 is 2.37 bits per heavy atom. The fourth-order valence-electron chi connectivity index (χ4n) is 4.24. The number of aromatic nitrogens is 4. The summed E-state index contributed by atoms with van der Waals surface area (Å²) < 4.78 is 1.91. The summed E-state index contributed by atoms with van der Waals surface area (Å²) in [6, 6.07) is 14.7. The summed E-state index contributed by atoms with van der Waals surface area (Å²) in [6.07, 6.45) is 0. The summed E-state index contributed by atoms with van der Waals surface area (Å²) in [7, 11) is 0. The van der Waals surface area contributed by atoms with E-state index in [9.17, 15) is 0 Å². The van der Waals surface area contributed by atoms with Crippen molar-refractivity contribution in [3.05, 3.63) is 70.0 Å². The van der Waals surface area contributed by atoms with Gasteiger partial charge in [-0.05, 0) is 66.9 Å². The zero-order chi connectivity index (χ0) is 21.3. The molecule has 7 heteroatoms. The van der Waals surface area contributed by atoms with E-state index in [1.165, 1.54) is 16.8 Å². The molecular formula is C23H29ClN6. The lowest BCUT2D eigenvalue weighted by molar-refractivity contribution is 0.199. The van der Waals surface area contributed by atoms with Crippen molar-refractivity contribution in [2.75, 3.05) is 31.1 Å². The Morgan fingerprint density at radius 1 is 0.933 bits per heavy atom. The van der Waals surface area contributed by atoms with Crippen molar-refractivity contribution in [3.8, 4) is 0 Å². The minimum Gasteiger partial charge on any atom is -0.369 e. The molecule has 1 aliphatic rings. The lowest BCUT2D eigenvalue weighted by Crippen LogP contribution is -2.48. The Bertz CT molecular complexity index is 1010. The number of anilines is 1. The number of aryl methyl sites for hydroxylation is 1. The molecule has 2 aromatic carbocycles. The summed E-state index contributed by atoms with van der Waals surface area (Å²) in [5.41, 5.74) is 5.07. The average molecular weight is 425 g/mol. The molecule has 4 rings (SSSR count). The maximum absolute atomic E-state index is 6.63. The molecule has 6 nitrogen and oxygen atoms in total. The Hall–Kier alpha value is -2.44. The van der Waals surface area contributed by atoms with Crippen LogP contribution in [0.15, 0.2) is 42.5 Å². The van der Waals surface area contributed by atoms with Crippen LogP contribution in [0.2, 0.25) is 5.02 Å². The molecule has 30 heavy (non-hydrogen) atoms. The second-order valence-electron chi connectivity index (χ2n) is 8.24. The lowest BCUT2D eigenvalue weighted by Gasteiger charge is -2.40. The van der Waals surface area contributed by atoms with Crippen molar-refractivity contribution >= 4 is 17.3 Å². The smallest absolute Gasteiger partial charge is 0.173 e. The Kier molecular flexibility index (Phi) is 6.06. The van der Waals surface area contributed by atoms with E-state index in [4.69, 9.17) is 11.6 Å². The molecular weight excluding hydrogens is 396 g/mol. The van der Waals surface area contributed by atoms with Crippen LogP contribution in [0.3, 0.4) is 0 Å². The molecule has 158 valence electrons. The molecule has 0 bridgehead atoms. The van der Waals surface area contributed by atoms with Gasteiger partial charge in [-0.15, -0.1) is 5.10 Å². The van der Waals surface area contributed by atoms with Crippen LogP contribution < -0.4 is 4.90 Å². The zero-order valence-electron chi connectivity index (χ0n) is 18.1. The summed E-state index contributed by atoms with van der Waals surface area (Å²) in [4.78, 5) is 4.93. The molecule has 1 aromatic heterocycles. The van der Waals surface area contributed by atoms with Crippen molar-refractivity contribution in [1.82, 2.24) is 25.1 Å². The second kappa shape index (κ2) is 8.74. The molecule has 1 unspecified atom stereocenters. The van der Waals surface area contributed by atoms with Crippen molar-refractivity contribution in [2.45, 2.75) is 39.8 Å². The van der Waals surface area contributed by atoms with E-state index in [0.29, 0.717) is 0 Å². The van der Waals surface area contributed by atoms with E-state index in [1.54, 1.807) is 0 Å². The third kappa shape index (κ3) is 3.94. The average Bonchev–Trinajstić information content (AvgIpc) is 3.22. The summed E-state index contributed by atoms with van der Waals surface area (Å²) in [5.74, 6) is 0.846. The van der Waals surface area contributed by atoms with E-state index in [1.807, 2.05) is 22.9 Å². The summed E-state index contributed by atoms with van der Waals surface area (Å²) in [5, 5.41) is 13.4. The highest BCUT2D eigenvalue weighted by atomic mass is 35.5. The number of tetrazole rings is 1. The Labute approximate surface area is 183 Å². The minimum atomic E-state index is -0.0724. The number of halogens is 1. The molecule has 1 atom stereocenters. The molecule has 1 aliphatic heterocycles. The van der Waals surface area contributed by atoms with Gasteiger partial charge in [0.1, 0.15) is 0 Å². The monoisotopic (exact) mass is 424 g/mol. The summed E-state index contributed by atoms with van der Waals surface area (Å²) >= 11 is 6.63. The van der Waals surface area contributed by atoms with Gasteiger partial charge in [0.05, 0.1) is 12.1 Å². The lowest BCUT2D eigenvalue weighted by atomic mass is 10.0. The molecule has 0 aliphatic carbocycles. The van der Waals surface area contributed by atoms with Crippen LogP contribution in [0.1, 0.15) is 48.4 Å². The van der Waals surface area contributed by atoms with Crippen molar-refractivity contribution in [1.29, 1.82) is 0 Å². The molecule has 0 amide bonds. The molecule has 1 saturated heterocycles. The van der Waals surface area contributed by atoms with Gasteiger partial charge in [-0.1, -0.05) is 41.9 Å². The number of rotatable bonds is 5. The first-order chi connectivity index (χ1) is 14.5. The predicted molar refractivity (Wildman–Crippen MR) is 121 cm³/mol. The summed E-state index contributed by atoms with van der Waals surface area (Å²) in [6.45, 7) is 12.3. The predicted octanol–water partition coefficient (Wildman–Crippen LogP) is 4.44. The molecule has 2 heterocycles. The van der Waals surface area contributed by atoms with E-state index in [-0.39, 0.29) is 12.1 Å². The van der Waals surface area contributed by atoms with Gasteiger partial charge in [-0.25, -0.2) is 4.68 Å². The van der Waals surface area contributed by atoms with Gasteiger partial charge in [0.2, 0.25) is 0 Å². The third-order valence-corrected chi connectivity index (χ3v) is 6.39. The van der Waals surface area contributed by atoms with Gasteiger partial charge in [-0.2, -0.15) is 0 Å². The first kappa shape index (κ1) is 20.8. The van der Waals surface area contributed by atoms with Crippen molar-refractivity contribution < 1.29 is 0 Å². The van der Waals surface area contributed by atoms with Gasteiger partial charge in [0, 0.05) is 36.9 Å². The minimum absolute atomic E-state index is 0.0724. The molecule has 0 N–H and O–H groups in total. The fraction of sp³-hybridized carbons (Fsp3) is 0.435. The van der Waals surface area contributed by atoms with E-state index < -0.39 is 0 Å². The van der Waals surface area contributed by atoms with Crippen LogP contribution in [0.4, 0.5) is 5.69 Å². The molecule has 3 aromatic rings. The molecule has 0 spiro atoms. The highest BCUT2D eigenvalue weighted by Crippen LogP contribution is 2.34. The Balaban J connectivity index is 1.64. The fourth-order valence-corrected chi connectivity index (χ4v) is 4.48.